The third kappa shape index (κ3) is 33.4. The van der Waals surface area contributed by atoms with Gasteiger partial charge in [0, 0.05) is 57.0 Å². The number of Topliss-reactive ketones (excluding diaryl/α,β-unsaturated/α-hetero) is 4. The van der Waals surface area contributed by atoms with Crippen LogP contribution in [0.5, 0.6) is 0 Å². The van der Waals surface area contributed by atoms with Crippen LogP contribution in [-0.4, -0.2) is 154 Å². The maximum absolute atomic E-state index is 14.4. The summed E-state index contributed by atoms with van der Waals surface area (Å²) in [7, 11) is 0. The first-order chi connectivity index (χ1) is 39.9. The molecule has 0 fully saturated rings. The minimum atomic E-state index is -1.65. The summed E-state index contributed by atoms with van der Waals surface area (Å²) in [5, 5.41) is 53.1. The van der Waals surface area contributed by atoms with Gasteiger partial charge in [0.1, 0.15) is 12.1 Å². The maximum atomic E-state index is 14.4. The van der Waals surface area contributed by atoms with Crippen LogP contribution < -0.4 is 49.5 Å². The number of carbonyl (C=O) groups excluding carboxylic acids is 9. The molecule has 25 heteroatoms. The Labute approximate surface area is 494 Å². The van der Waals surface area contributed by atoms with E-state index in [2.05, 4.69) is 43.5 Å². The molecule has 0 aliphatic heterocycles. The fraction of sp³-hybridized carbons (Fsp3) is 0.695. The number of carboxylic acids is 1. The number of hydrogen-bond acceptors (Lipinski definition) is 15. The van der Waals surface area contributed by atoms with E-state index in [0.29, 0.717) is 12.0 Å². The Morgan fingerprint density at radius 3 is 1.50 bits per heavy atom. The Morgan fingerprint density at radius 1 is 0.512 bits per heavy atom. The number of aliphatic carboxylic acids is 1. The first-order valence-electron chi connectivity index (χ1n) is 29.8. The molecule has 0 aliphatic carbocycles. The number of amides is 5. The molecule has 0 saturated heterocycles. The fourth-order valence-electron chi connectivity index (χ4n) is 9.35. The van der Waals surface area contributed by atoms with E-state index in [1.54, 1.807) is 30.3 Å². The molecule has 474 valence electrons. The number of guanidine groups is 2. The van der Waals surface area contributed by atoms with Crippen LogP contribution in [0.15, 0.2) is 40.3 Å². The van der Waals surface area contributed by atoms with Gasteiger partial charge in [0.05, 0.1) is 43.4 Å². The zero-order chi connectivity index (χ0) is 63.0. The van der Waals surface area contributed by atoms with Gasteiger partial charge in [-0.2, -0.15) is 0 Å². The second-order valence-corrected chi connectivity index (χ2v) is 21.8. The van der Waals surface area contributed by atoms with Crippen molar-refractivity contribution in [2.75, 3.05) is 26.3 Å². The summed E-state index contributed by atoms with van der Waals surface area (Å²) < 4.78 is 0. The van der Waals surface area contributed by atoms with Crippen molar-refractivity contribution >= 4 is 70.6 Å². The van der Waals surface area contributed by atoms with E-state index < -0.39 is 152 Å². The molecule has 84 heavy (non-hydrogen) atoms. The van der Waals surface area contributed by atoms with Crippen LogP contribution in [0.2, 0.25) is 0 Å². The summed E-state index contributed by atoms with van der Waals surface area (Å²) in [6, 6.07) is 1.91. The smallest absolute Gasteiger partial charge is 0.303 e. The van der Waals surface area contributed by atoms with Crippen molar-refractivity contribution in [3.05, 3.63) is 35.9 Å². The molecule has 0 unspecified atom stereocenters. The number of unbranched alkanes of at least 4 members (excludes halogenated alkanes) is 12. The zero-order valence-electron chi connectivity index (χ0n) is 50.0. The minimum Gasteiger partial charge on any atom is -0.481 e. The number of carbonyl (C=O) groups is 10. The summed E-state index contributed by atoms with van der Waals surface area (Å²) in [5.41, 5.74) is 22.5. The largest absolute Gasteiger partial charge is 0.481 e. The summed E-state index contributed by atoms with van der Waals surface area (Å²) in [6.07, 6.45) is 11.4. The molecule has 1 aromatic rings. The van der Waals surface area contributed by atoms with E-state index in [9.17, 15) is 63.3 Å². The van der Waals surface area contributed by atoms with E-state index in [-0.39, 0.29) is 70.0 Å². The van der Waals surface area contributed by atoms with Gasteiger partial charge in [-0.25, -0.2) is 0 Å². The first-order valence-corrected chi connectivity index (χ1v) is 29.8. The Balaban J connectivity index is 3.21. The van der Waals surface area contributed by atoms with Gasteiger partial charge in [-0.3, -0.25) is 57.9 Å². The van der Waals surface area contributed by atoms with Gasteiger partial charge in [-0.15, -0.1) is 0 Å². The minimum absolute atomic E-state index is 0.00138. The number of benzene rings is 1. The number of nitrogens with two attached hydrogens (primary N) is 4. The number of carboxylic acid groups (broad SMARTS) is 1. The molecule has 1 aromatic carbocycles. The lowest BCUT2D eigenvalue weighted by Crippen LogP contribution is -2.55. The fourth-order valence-corrected chi connectivity index (χ4v) is 9.35. The Morgan fingerprint density at radius 2 is 0.988 bits per heavy atom. The number of rotatable bonds is 49. The monoisotopic (exact) mass is 1190 g/mol. The molecule has 1 rings (SSSR count). The van der Waals surface area contributed by atoms with Gasteiger partial charge in [-0.1, -0.05) is 114 Å². The van der Waals surface area contributed by atoms with E-state index in [1.165, 1.54) is 65.2 Å². The molecule has 0 radical (unpaired) electrons. The molecule has 0 bridgehead atoms. The summed E-state index contributed by atoms with van der Waals surface area (Å²) >= 11 is 0. The van der Waals surface area contributed by atoms with Crippen molar-refractivity contribution in [1.29, 1.82) is 0 Å². The molecule has 0 spiro atoms. The number of aliphatic imine (C=N–C) groups is 2. The van der Waals surface area contributed by atoms with Crippen LogP contribution in [0.1, 0.15) is 181 Å². The van der Waals surface area contributed by atoms with Crippen molar-refractivity contribution in [2.24, 2.45) is 50.7 Å². The third-order valence-corrected chi connectivity index (χ3v) is 14.4. The zero-order valence-corrected chi connectivity index (χ0v) is 50.0. The van der Waals surface area contributed by atoms with E-state index in [1.807, 2.05) is 0 Å². The van der Waals surface area contributed by atoms with Gasteiger partial charge in [0.25, 0.3) is 0 Å². The predicted octanol–water partition coefficient (Wildman–Crippen LogP) is 1.81. The lowest BCUT2D eigenvalue weighted by Gasteiger charge is -2.26. The molecule has 5 amide bonds. The van der Waals surface area contributed by atoms with Crippen molar-refractivity contribution in [2.45, 2.75) is 218 Å². The van der Waals surface area contributed by atoms with Gasteiger partial charge in [-0.05, 0) is 71.3 Å². The van der Waals surface area contributed by atoms with Gasteiger partial charge in [0.2, 0.25) is 29.5 Å². The van der Waals surface area contributed by atoms with Crippen molar-refractivity contribution in [3.8, 4) is 0 Å². The van der Waals surface area contributed by atoms with Crippen LogP contribution in [0, 0.1) is 17.8 Å². The Hall–Kier alpha value is -6.86. The van der Waals surface area contributed by atoms with E-state index >= 15 is 0 Å². The number of ketones is 4. The second kappa shape index (κ2) is 43.7. The first kappa shape index (κ1) is 75.2. The third-order valence-electron chi connectivity index (χ3n) is 14.4. The highest BCUT2D eigenvalue weighted by Gasteiger charge is 2.35. The number of hydrogen-bond donors (Lipinski definition) is 13. The second-order valence-electron chi connectivity index (χ2n) is 21.8. The van der Waals surface area contributed by atoms with Gasteiger partial charge in [0.15, 0.2) is 35.1 Å². The van der Waals surface area contributed by atoms with Crippen molar-refractivity contribution < 1.29 is 68.4 Å². The number of nitrogens with one attached hydrogen (secondary N) is 5. The number of aliphatic hydroxyl groups is 3. The molecule has 17 N–H and O–H groups in total. The molecular formula is C59H99N11O14. The normalized spacial score (nSPS) is 14.3. The average Bonchev–Trinajstić information content (AvgIpc) is 3.62. The van der Waals surface area contributed by atoms with Crippen LogP contribution in [0.25, 0.3) is 0 Å². The van der Waals surface area contributed by atoms with Crippen LogP contribution in [0.3, 0.4) is 0 Å². The van der Waals surface area contributed by atoms with Gasteiger partial charge >= 0.3 is 5.97 Å². The molecule has 0 aromatic heterocycles. The average molecular weight is 1190 g/mol. The highest BCUT2D eigenvalue weighted by atomic mass is 16.4. The van der Waals surface area contributed by atoms with Gasteiger partial charge < -0.3 is 69.9 Å². The molecule has 9 atom stereocenters. The standard InChI is InChI=1S/C59H99N11O14/c1-5-6-7-8-9-10-11-12-13-14-15-16-20-27-51(78)70-53(40(4)74)57(84)66-38(2)48(75)34-43(32-41-23-18-17-19-24-41)55(82)68-46(26-22-31-65-59(62)63)49(76)35-44(36-71)56(83)69-47(37-72)50(77)33-42(25-21-30-64-58(60)61)54(81)67-45(39(3)73)28-29-52(79)80/h17-19,23-24,38,40,42-47,53,71-72,74H,5-16,20-22,25-37H2,1-4H3,(H,66,84)(H,67,81)(H,68,82)(H,69,83)(H,70,78)(H,79,80)(H4,60,61,64)(H4,62,63,65)/t38-,40+,42+,43+,44-,45-,46-,47-,53-/m0/s1. The number of nitrogens with zero attached hydrogens (tertiary/aromatic N) is 2. The molecule has 0 saturated carbocycles. The lowest BCUT2D eigenvalue weighted by atomic mass is 9.90. The Bertz CT molecular complexity index is 2260. The molecule has 25 nitrogen and oxygen atoms in total. The Kier molecular flexibility index (Phi) is 39.1. The summed E-state index contributed by atoms with van der Waals surface area (Å²) in [5.74, 6) is -12.1. The van der Waals surface area contributed by atoms with Crippen LogP contribution >= 0.6 is 0 Å². The van der Waals surface area contributed by atoms with Crippen LogP contribution in [-0.2, 0) is 54.4 Å². The molecular weight excluding hydrogens is 1090 g/mol. The SMILES string of the molecule is CCCCCCCCCCCCCCCC(=O)N[C@H](C(=O)N[C@@H](C)C(=O)C[C@@H](Cc1ccccc1)C(=O)N[C@@H](CCCN=C(N)N)C(=O)C[C@@H](CO)C(=O)N[C@@H](CO)C(=O)C[C@@H](CCCN=C(N)N)C(=O)N[C@@H](CCC(=O)O)C(C)=O)[C@@H](C)O. The molecule has 0 heterocycles. The van der Waals surface area contributed by atoms with Crippen LogP contribution in [0.4, 0.5) is 0 Å². The van der Waals surface area contributed by atoms with E-state index in [0.717, 1.165) is 32.6 Å². The highest BCUT2D eigenvalue weighted by Crippen LogP contribution is 2.20. The summed E-state index contributed by atoms with van der Waals surface area (Å²) in [6.45, 7) is 4.28. The summed E-state index contributed by atoms with van der Waals surface area (Å²) in [4.78, 5) is 141. The maximum Gasteiger partial charge on any atom is 0.303 e. The van der Waals surface area contributed by atoms with E-state index in [4.69, 9.17) is 28.0 Å². The number of aliphatic hydroxyl groups excluding tert-OH is 3. The van der Waals surface area contributed by atoms with Crippen molar-refractivity contribution in [1.82, 2.24) is 26.6 Å². The highest BCUT2D eigenvalue weighted by molar-refractivity contribution is 5.98. The topological polar surface area (TPSA) is 441 Å². The predicted molar refractivity (Wildman–Crippen MR) is 318 cm³/mol. The quantitative estimate of drug-likeness (QED) is 0.0251. The lowest BCUT2D eigenvalue weighted by molar-refractivity contribution is -0.138. The molecule has 0 aliphatic rings. The van der Waals surface area contributed by atoms with Crippen molar-refractivity contribution in [3.63, 3.8) is 0 Å².